The molecule has 5 nitrogen and oxygen atoms in total. The molecule has 0 aromatic heterocycles. The van der Waals surface area contributed by atoms with Crippen LogP contribution in [0.2, 0.25) is 0 Å². The zero-order valence-electron chi connectivity index (χ0n) is 7.66. The summed E-state index contributed by atoms with van der Waals surface area (Å²) >= 11 is 3.20. The van der Waals surface area contributed by atoms with E-state index in [0.717, 1.165) is 0 Å². The topological polar surface area (TPSA) is 92.4 Å². The van der Waals surface area contributed by atoms with E-state index in [4.69, 9.17) is 10.8 Å². The predicted octanol–water partition coefficient (Wildman–Crippen LogP) is 1.04. The number of hydrogen-bond acceptors (Lipinski definition) is 3. The minimum Gasteiger partial charge on any atom is -0.480 e. The SMILES string of the molecule is NC(=O)c1ccc(NCC(=O)O)c(Br)c1. The van der Waals surface area contributed by atoms with Gasteiger partial charge in [-0.25, -0.2) is 0 Å². The number of carboxylic acid groups (broad SMARTS) is 1. The molecule has 1 aromatic carbocycles. The first-order valence-electron chi connectivity index (χ1n) is 4.05. The van der Waals surface area contributed by atoms with Gasteiger partial charge in [-0.05, 0) is 34.1 Å². The molecule has 0 saturated carbocycles. The Hall–Kier alpha value is -1.56. The van der Waals surface area contributed by atoms with Crippen molar-refractivity contribution in [3.8, 4) is 0 Å². The number of carbonyl (C=O) groups is 2. The van der Waals surface area contributed by atoms with Crippen molar-refractivity contribution in [1.29, 1.82) is 0 Å². The van der Waals surface area contributed by atoms with E-state index >= 15 is 0 Å². The van der Waals surface area contributed by atoms with Crippen molar-refractivity contribution >= 4 is 33.5 Å². The third-order valence-corrected chi connectivity index (χ3v) is 2.34. The first-order valence-corrected chi connectivity index (χ1v) is 4.85. The predicted molar refractivity (Wildman–Crippen MR) is 58.8 cm³/mol. The van der Waals surface area contributed by atoms with Gasteiger partial charge in [-0.2, -0.15) is 0 Å². The van der Waals surface area contributed by atoms with Crippen LogP contribution in [0, 0.1) is 0 Å². The number of nitrogens with one attached hydrogen (secondary N) is 1. The van der Waals surface area contributed by atoms with Crippen LogP contribution in [0.25, 0.3) is 0 Å². The van der Waals surface area contributed by atoms with Gasteiger partial charge in [-0.3, -0.25) is 9.59 Å². The summed E-state index contributed by atoms with van der Waals surface area (Å²) in [4.78, 5) is 21.1. The van der Waals surface area contributed by atoms with Crippen LogP contribution in [0.1, 0.15) is 10.4 Å². The Kier molecular flexibility index (Phi) is 3.68. The normalized spacial score (nSPS) is 9.67. The van der Waals surface area contributed by atoms with Crippen LogP contribution in [0.5, 0.6) is 0 Å². The molecular formula is C9H9BrN2O3. The molecule has 0 saturated heterocycles. The Morgan fingerprint density at radius 2 is 2.13 bits per heavy atom. The number of nitrogens with two attached hydrogens (primary N) is 1. The number of benzene rings is 1. The number of halogens is 1. The number of primary amides is 1. The molecule has 6 heteroatoms. The average molecular weight is 273 g/mol. The maximum atomic E-state index is 10.8. The summed E-state index contributed by atoms with van der Waals surface area (Å²) in [7, 11) is 0. The second-order valence-electron chi connectivity index (χ2n) is 2.81. The number of hydrogen-bond donors (Lipinski definition) is 3. The third-order valence-electron chi connectivity index (χ3n) is 1.68. The van der Waals surface area contributed by atoms with Gasteiger partial charge in [0, 0.05) is 15.7 Å². The molecule has 1 rings (SSSR count). The van der Waals surface area contributed by atoms with E-state index in [9.17, 15) is 9.59 Å². The summed E-state index contributed by atoms with van der Waals surface area (Å²) in [6.45, 7) is -0.186. The van der Waals surface area contributed by atoms with E-state index in [1.165, 1.54) is 12.1 Å². The van der Waals surface area contributed by atoms with Crippen LogP contribution in [-0.4, -0.2) is 23.5 Å². The minimum atomic E-state index is -0.958. The largest absolute Gasteiger partial charge is 0.480 e. The van der Waals surface area contributed by atoms with Crippen LogP contribution < -0.4 is 11.1 Å². The molecule has 0 aliphatic rings. The van der Waals surface area contributed by atoms with Crippen molar-refractivity contribution in [1.82, 2.24) is 0 Å². The van der Waals surface area contributed by atoms with E-state index in [2.05, 4.69) is 21.2 Å². The lowest BCUT2D eigenvalue weighted by Gasteiger charge is -2.06. The third kappa shape index (κ3) is 3.25. The number of rotatable bonds is 4. The Morgan fingerprint density at radius 1 is 1.47 bits per heavy atom. The fourth-order valence-corrected chi connectivity index (χ4v) is 1.50. The quantitative estimate of drug-likeness (QED) is 0.764. The zero-order valence-corrected chi connectivity index (χ0v) is 9.24. The first kappa shape index (κ1) is 11.5. The van der Waals surface area contributed by atoms with Crippen molar-refractivity contribution in [3.05, 3.63) is 28.2 Å². The second kappa shape index (κ2) is 4.79. The molecule has 0 bridgehead atoms. The van der Waals surface area contributed by atoms with E-state index in [1.807, 2.05) is 0 Å². The Labute approximate surface area is 94.4 Å². The molecule has 0 heterocycles. The van der Waals surface area contributed by atoms with Gasteiger partial charge in [-0.15, -0.1) is 0 Å². The zero-order chi connectivity index (χ0) is 11.4. The molecule has 0 fully saturated rings. The van der Waals surface area contributed by atoms with Crippen LogP contribution >= 0.6 is 15.9 Å². The highest BCUT2D eigenvalue weighted by atomic mass is 79.9. The van der Waals surface area contributed by atoms with E-state index in [-0.39, 0.29) is 6.54 Å². The van der Waals surface area contributed by atoms with Crippen molar-refractivity contribution in [2.75, 3.05) is 11.9 Å². The lowest BCUT2D eigenvalue weighted by molar-refractivity contribution is -0.134. The minimum absolute atomic E-state index is 0.186. The fourth-order valence-electron chi connectivity index (χ4n) is 0.983. The van der Waals surface area contributed by atoms with Gasteiger partial charge in [0.05, 0.1) is 0 Å². The monoisotopic (exact) mass is 272 g/mol. The van der Waals surface area contributed by atoms with E-state index in [0.29, 0.717) is 15.7 Å². The molecule has 0 aliphatic heterocycles. The summed E-state index contributed by atoms with van der Waals surface area (Å²) in [5.74, 6) is -1.48. The number of carbonyl (C=O) groups excluding carboxylic acids is 1. The summed E-state index contributed by atoms with van der Waals surface area (Å²) in [5.41, 5.74) is 6.04. The molecule has 80 valence electrons. The Morgan fingerprint density at radius 3 is 2.60 bits per heavy atom. The first-order chi connectivity index (χ1) is 7.00. The van der Waals surface area contributed by atoms with Gasteiger partial charge in [0.15, 0.2) is 0 Å². The highest BCUT2D eigenvalue weighted by Crippen LogP contribution is 2.23. The van der Waals surface area contributed by atoms with Crippen molar-refractivity contribution in [2.24, 2.45) is 5.73 Å². The molecule has 0 atom stereocenters. The fraction of sp³-hybridized carbons (Fsp3) is 0.111. The van der Waals surface area contributed by atoms with Crippen LogP contribution in [0.15, 0.2) is 22.7 Å². The highest BCUT2D eigenvalue weighted by Gasteiger charge is 2.05. The van der Waals surface area contributed by atoms with Gasteiger partial charge in [0.25, 0.3) is 0 Å². The van der Waals surface area contributed by atoms with Crippen LogP contribution in [-0.2, 0) is 4.79 Å². The molecule has 0 aliphatic carbocycles. The van der Waals surface area contributed by atoms with Gasteiger partial charge in [0.1, 0.15) is 6.54 Å². The van der Waals surface area contributed by atoms with Crippen molar-refractivity contribution in [2.45, 2.75) is 0 Å². The number of carboxylic acids is 1. The summed E-state index contributed by atoms with van der Waals surface area (Å²) in [6.07, 6.45) is 0. The number of anilines is 1. The maximum Gasteiger partial charge on any atom is 0.322 e. The lowest BCUT2D eigenvalue weighted by Crippen LogP contribution is -2.14. The summed E-state index contributed by atoms with van der Waals surface area (Å²) < 4.78 is 0.597. The van der Waals surface area contributed by atoms with Gasteiger partial charge < -0.3 is 16.2 Å². The molecule has 4 N–H and O–H groups in total. The highest BCUT2D eigenvalue weighted by molar-refractivity contribution is 9.10. The lowest BCUT2D eigenvalue weighted by atomic mass is 10.2. The van der Waals surface area contributed by atoms with Gasteiger partial charge in [-0.1, -0.05) is 0 Å². The van der Waals surface area contributed by atoms with Crippen molar-refractivity contribution in [3.63, 3.8) is 0 Å². The molecule has 1 amide bonds. The average Bonchev–Trinajstić information content (AvgIpc) is 2.15. The molecule has 0 spiro atoms. The Bertz CT molecular complexity index is 406. The second-order valence-corrected chi connectivity index (χ2v) is 3.66. The van der Waals surface area contributed by atoms with E-state index in [1.54, 1.807) is 6.07 Å². The molecule has 0 radical (unpaired) electrons. The molecule has 0 unspecified atom stereocenters. The number of amides is 1. The summed E-state index contributed by atoms with van der Waals surface area (Å²) in [6, 6.07) is 4.65. The Balaban J connectivity index is 2.83. The molecule has 1 aromatic rings. The van der Waals surface area contributed by atoms with Gasteiger partial charge >= 0.3 is 5.97 Å². The van der Waals surface area contributed by atoms with Gasteiger partial charge in [0.2, 0.25) is 5.91 Å². The van der Waals surface area contributed by atoms with E-state index < -0.39 is 11.9 Å². The van der Waals surface area contributed by atoms with Crippen LogP contribution in [0.3, 0.4) is 0 Å². The van der Waals surface area contributed by atoms with Crippen molar-refractivity contribution < 1.29 is 14.7 Å². The smallest absolute Gasteiger partial charge is 0.322 e. The standard InChI is InChI=1S/C9H9BrN2O3/c10-6-3-5(9(11)15)1-2-7(6)12-4-8(13)14/h1-3,12H,4H2,(H2,11,15)(H,13,14). The maximum absolute atomic E-state index is 10.8. The number of aliphatic carboxylic acids is 1. The summed E-state index contributed by atoms with van der Waals surface area (Å²) in [5, 5.41) is 11.1. The van der Waals surface area contributed by atoms with Crippen LogP contribution in [0.4, 0.5) is 5.69 Å². The molecule has 15 heavy (non-hydrogen) atoms. The molecular weight excluding hydrogens is 264 g/mol.